The Labute approximate surface area is 123 Å². The Morgan fingerprint density at radius 2 is 2.24 bits per heavy atom. The molecule has 1 aromatic heterocycles. The van der Waals surface area contributed by atoms with Crippen molar-refractivity contribution in [2.24, 2.45) is 7.05 Å². The van der Waals surface area contributed by atoms with Crippen LogP contribution >= 0.6 is 0 Å². The molecule has 2 aromatic rings. The predicted molar refractivity (Wildman–Crippen MR) is 78.8 cm³/mol. The Morgan fingerprint density at radius 3 is 2.95 bits per heavy atom. The van der Waals surface area contributed by atoms with Crippen LogP contribution in [-0.4, -0.2) is 29.0 Å². The third kappa shape index (κ3) is 5.18. The van der Waals surface area contributed by atoms with E-state index < -0.39 is 0 Å². The molecule has 2 rings (SSSR count). The van der Waals surface area contributed by atoms with Gasteiger partial charge in [0.05, 0.1) is 25.8 Å². The van der Waals surface area contributed by atoms with Crippen molar-refractivity contribution in [2.75, 3.05) is 18.9 Å². The molecular formula is C15H19N3O3. The van der Waals surface area contributed by atoms with Gasteiger partial charge in [0.2, 0.25) is 0 Å². The average Bonchev–Trinajstić information content (AvgIpc) is 2.84. The first-order chi connectivity index (χ1) is 10.1. The molecule has 0 aliphatic rings. The van der Waals surface area contributed by atoms with Crippen LogP contribution in [0.1, 0.15) is 12.0 Å². The minimum absolute atomic E-state index is 0.210. The van der Waals surface area contributed by atoms with Crippen LogP contribution in [0.4, 0.5) is 5.69 Å². The molecule has 6 nitrogen and oxygen atoms in total. The van der Waals surface area contributed by atoms with Crippen LogP contribution in [0.3, 0.4) is 0 Å². The molecule has 0 saturated heterocycles. The van der Waals surface area contributed by atoms with Crippen LogP contribution in [0.2, 0.25) is 0 Å². The van der Waals surface area contributed by atoms with Crippen molar-refractivity contribution in [3.63, 3.8) is 0 Å². The van der Waals surface area contributed by atoms with Crippen LogP contribution in [0, 0.1) is 0 Å². The first-order valence-electron chi connectivity index (χ1n) is 6.75. The highest BCUT2D eigenvalue weighted by atomic mass is 16.5. The highest BCUT2D eigenvalue weighted by Gasteiger charge is 2.04. The number of hydrogen-bond acceptors (Lipinski definition) is 5. The maximum absolute atomic E-state index is 11.5. The fraction of sp³-hybridized carbons (Fsp3) is 0.333. The van der Waals surface area contributed by atoms with Gasteiger partial charge in [-0.05, 0) is 17.7 Å². The number of aryl methyl sites for hydroxylation is 1. The number of nitrogens with two attached hydrogens (primary N) is 1. The number of hydrogen-bond donors (Lipinski definition) is 1. The number of benzene rings is 1. The van der Waals surface area contributed by atoms with Crippen molar-refractivity contribution in [1.82, 2.24) is 9.78 Å². The number of nitrogen functional groups attached to an aromatic ring is 1. The van der Waals surface area contributed by atoms with Gasteiger partial charge in [0.1, 0.15) is 5.75 Å². The Kier molecular flexibility index (Phi) is 5.20. The first kappa shape index (κ1) is 14.9. The van der Waals surface area contributed by atoms with E-state index in [4.69, 9.17) is 15.2 Å². The zero-order valence-corrected chi connectivity index (χ0v) is 12.0. The summed E-state index contributed by atoms with van der Waals surface area (Å²) in [5, 5.41) is 4.05. The van der Waals surface area contributed by atoms with E-state index in [1.807, 2.05) is 13.2 Å². The lowest BCUT2D eigenvalue weighted by atomic mass is 10.3. The summed E-state index contributed by atoms with van der Waals surface area (Å²) in [6, 6.07) is 7.09. The minimum Gasteiger partial charge on any atom is -0.493 e. The number of carbonyl (C=O) groups excluding carboxylic acids is 1. The summed E-state index contributed by atoms with van der Waals surface area (Å²) in [5.74, 6) is 0.376. The molecule has 0 spiro atoms. The molecule has 0 saturated carbocycles. The van der Waals surface area contributed by atoms with Gasteiger partial charge in [-0.3, -0.25) is 9.48 Å². The molecule has 0 aliphatic heterocycles. The van der Waals surface area contributed by atoms with Crippen LogP contribution in [-0.2, 0) is 23.0 Å². The van der Waals surface area contributed by atoms with Gasteiger partial charge in [0.15, 0.2) is 0 Å². The van der Waals surface area contributed by atoms with E-state index in [9.17, 15) is 4.79 Å². The Balaban J connectivity index is 1.61. The minimum atomic E-state index is -0.275. The SMILES string of the molecule is Cn1cc(CCOC(=O)CCOc2cccc(N)c2)cn1. The molecule has 1 heterocycles. The van der Waals surface area contributed by atoms with Crippen molar-refractivity contribution in [2.45, 2.75) is 12.8 Å². The summed E-state index contributed by atoms with van der Waals surface area (Å²) in [6.45, 7) is 0.623. The summed E-state index contributed by atoms with van der Waals surface area (Å²) in [7, 11) is 1.85. The van der Waals surface area contributed by atoms with Gasteiger partial charge >= 0.3 is 5.97 Å². The largest absolute Gasteiger partial charge is 0.493 e. The van der Waals surface area contributed by atoms with Crippen LogP contribution < -0.4 is 10.5 Å². The fourth-order valence-electron chi connectivity index (χ4n) is 1.81. The lowest BCUT2D eigenvalue weighted by Crippen LogP contribution is -2.11. The molecule has 6 heteroatoms. The second-order valence-electron chi connectivity index (χ2n) is 4.66. The van der Waals surface area contributed by atoms with Crippen molar-refractivity contribution in [3.05, 3.63) is 42.2 Å². The summed E-state index contributed by atoms with van der Waals surface area (Å²) in [4.78, 5) is 11.5. The molecule has 0 fully saturated rings. The Morgan fingerprint density at radius 1 is 1.38 bits per heavy atom. The van der Waals surface area contributed by atoms with Gasteiger partial charge in [-0.1, -0.05) is 6.07 Å². The van der Waals surface area contributed by atoms with Crippen molar-refractivity contribution >= 4 is 11.7 Å². The Bertz CT molecular complexity index is 595. The molecule has 2 N–H and O–H groups in total. The molecule has 0 unspecified atom stereocenters. The molecule has 112 valence electrons. The lowest BCUT2D eigenvalue weighted by molar-refractivity contribution is -0.144. The van der Waals surface area contributed by atoms with Gasteiger partial charge in [0.25, 0.3) is 0 Å². The number of esters is 1. The topological polar surface area (TPSA) is 79.4 Å². The van der Waals surface area contributed by atoms with Gasteiger partial charge in [-0.2, -0.15) is 5.10 Å². The van der Waals surface area contributed by atoms with Gasteiger partial charge in [0, 0.05) is 31.4 Å². The van der Waals surface area contributed by atoms with Crippen molar-refractivity contribution in [3.8, 4) is 5.75 Å². The van der Waals surface area contributed by atoms with Gasteiger partial charge in [-0.25, -0.2) is 0 Å². The maximum Gasteiger partial charge on any atom is 0.309 e. The van der Waals surface area contributed by atoms with Crippen molar-refractivity contribution in [1.29, 1.82) is 0 Å². The standard InChI is InChI=1S/C15H19N3O3/c1-18-11-12(10-17-18)5-7-21-15(19)6-8-20-14-4-2-3-13(16)9-14/h2-4,9-11H,5-8,16H2,1H3. The number of nitrogens with zero attached hydrogens (tertiary/aromatic N) is 2. The van der Waals surface area contributed by atoms with Gasteiger partial charge < -0.3 is 15.2 Å². The van der Waals surface area contributed by atoms with E-state index in [-0.39, 0.29) is 19.0 Å². The molecule has 0 aliphatic carbocycles. The molecule has 0 radical (unpaired) electrons. The highest BCUT2D eigenvalue weighted by Crippen LogP contribution is 2.14. The predicted octanol–water partition coefficient (Wildman–Crippen LogP) is 1.56. The van der Waals surface area contributed by atoms with E-state index in [2.05, 4.69) is 5.10 Å². The van der Waals surface area contributed by atoms with Crippen molar-refractivity contribution < 1.29 is 14.3 Å². The second-order valence-corrected chi connectivity index (χ2v) is 4.66. The third-order valence-corrected chi connectivity index (χ3v) is 2.85. The number of aromatic nitrogens is 2. The van der Waals surface area contributed by atoms with Crippen LogP contribution in [0.5, 0.6) is 5.75 Å². The lowest BCUT2D eigenvalue weighted by Gasteiger charge is -2.07. The zero-order valence-electron chi connectivity index (χ0n) is 12.0. The smallest absolute Gasteiger partial charge is 0.309 e. The highest BCUT2D eigenvalue weighted by molar-refractivity contribution is 5.69. The monoisotopic (exact) mass is 289 g/mol. The quantitative estimate of drug-likeness (QED) is 0.618. The van der Waals surface area contributed by atoms with E-state index >= 15 is 0 Å². The summed E-state index contributed by atoms with van der Waals surface area (Å²) in [6.07, 6.45) is 4.53. The fourth-order valence-corrected chi connectivity index (χ4v) is 1.81. The number of rotatable bonds is 7. The molecule has 0 atom stereocenters. The number of anilines is 1. The molecule has 1 aromatic carbocycles. The molecule has 0 amide bonds. The molecular weight excluding hydrogens is 270 g/mol. The van der Waals surface area contributed by atoms with E-state index in [0.717, 1.165) is 5.56 Å². The summed E-state index contributed by atoms with van der Waals surface area (Å²) >= 11 is 0. The summed E-state index contributed by atoms with van der Waals surface area (Å²) < 4.78 is 12.3. The number of carbonyl (C=O) groups is 1. The van der Waals surface area contributed by atoms with E-state index in [0.29, 0.717) is 24.5 Å². The van der Waals surface area contributed by atoms with E-state index in [1.54, 1.807) is 35.1 Å². The summed E-state index contributed by atoms with van der Waals surface area (Å²) in [5.41, 5.74) is 7.31. The normalized spacial score (nSPS) is 10.3. The second kappa shape index (κ2) is 7.33. The molecule has 21 heavy (non-hydrogen) atoms. The average molecular weight is 289 g/mol. The van der Waals surface area contributed by atoms with Gasteiger partial charge in [-0.15, -0.1) is 0 Å². The van der Waals surface area contributed by atoms with Crippen LogP contribution in [0.25, 0.3) is 0 Å². The first-order valence-corrected chi connectivity index (χ1v) is 6.75. The maximum atomic E-state index is 11.5. The zero-order chi connectivity index (χ0) is 15.1. The van der Waals surface area contributed by atoms with E-state index in [1.165, 1.54) is 0 Å². The molecule has 0 bridgehead atoms. The Hall–Kier alpha value is -2.50. The third-order valence-electron chi connectivity index (χ3n) is 2.85. The van der Waals surface area contributed by atoms with Crippen LogP contribution in [0.15, 0.2) is 36.7 Å². The number of ether oxygens (including phenoxy) is 2.